The maximum atomic E-state index is 12.5. The van der Waals surface area contributed by atoms with Crippen molar-refractivity contribution in [3.05, 3.63) is 47.5 Å². The number of nitrogens with one attached hydrogen (secondary N) is 3. The summed E-state index contributed by atoms with van der Waals surface area (Å²) in [5, 5.41) is 22.8. The van der Waals surface area contributed by atoms with Crippen LogP contribution in [0.25, 0.3) is 11.0 Å². The minimum absolute atomic E-state index is 0.0265. The number of benzene rings is 1. The standard InChI is InChI=1S/C17H13N5O5.C4H11NO/c23-12-6-27-11-2-1-8(3-10(11)22-12)4-19-16(24)15-14-13(20-7-21-15)9(5-18-14)17(25)26;1-4(2,5)3-6/h1-3,5,7,18H,4,6H2,(H,19,24)(H,22,23)(H,25,26);6H,3,5H2,1-2H3. The predicted molar refractivity (Wildman–Crippen MR) is 118 cm³/mol. The van der Waals surface area contributed by atoms with E-state index in [4.69, 9.17) is 20.7 Å². The van der Waals surface area contributed by atoms with Crippen molar-refractivity contribution in [1.82, 2.24) is 20.3 Å². The highest BCUT2D eigenvalue weighted by molar-refractivity contribution is 6.08. The highest BCUT2D eigenvalue weighted by Gasteiger charge is 2.20. The summed E-state index contributed by atoms with van der Waals surface area (Å²) >= 11 is 0. The summed E-state index contributed by atoms with van der Waals surface area (Å²) in [5.41, 5.74) is 6.59. The highest BCUT2D eigenvalue weighted by Crippen LogP contribution is 2.28. The molecule has 1 aromatic carbocycles. The Morgan fingerprint density at radius 1 is 1.30 bits per heavy atom. The van der Waals surface area contributed by atoms with E-state index in [1.54, 1.807) is 32.0 Å². The topological polar surface area (TPSA) is 193 Å². The quantitative estimate of drug-likeness (QED) is 0.319. The lowest BCUT2D eigenvalue weighted by atomic mass is 10.1. The molecule has 4 rings (SSSR count). The van der Waals surface area contributed by atoms with Gasteiger partial charge in [0.25, 0.3) is 11.8 Å². The van der Waals surface area contributed by atoms with E-state index in [-0.39, 0.29) is 48.0 Å². The van der Waals surface area contributed by atoms with Crippen molar-refractivity contribution in [3.63, 3.8) is 0 Å². The molecule has 0 fully saturated rings. The average Bonchev–Trinajstić information content (AvgIpc) is 3.21. The summed E-state index contributed by atoms with van der Waals surface area (Å²) in [5.74, 6) is -1.31. The molecule has 12 nitrogen and oxygen atoms in total. The first kappa shape index (κ1) is 23.6. The van der Waals surface area contributed by atoms with Gasteiger partial charge in [-0.15, -0.1) is 0 Å². The smallest absolute Gasteiger partial charge is 0.339 e. The van der Waals surface area contributed by atoms with E-state index in [0.29, 0.717) is 11.4 Å². The van der Waals surface area contributed by atoms with E-state index in [9.17, 15) is 14.4 Å². The van der Waals surface area contributed by atoms with Crippen molar-refractivity contribution in [1.29, 1.82) is 0 Å². The van der Waals surface area contributed by atoms with Gasteiger partial charge in [-0.25, -0.2) is 14.8 Å². The second-order valence-electron chi connectivity index (χ2n) is 7.95. The number of aromatic amines is 1. The summed E-state index contributed by atoms with van der Waals surface area (Å²) in [7, 11) is 0. The lowest BCUT2D eigenvalue weighted by molar-refractivity contribution is -0.118. The number of anilines is 1. The van der Waals surface area contributed by atoms with Crippen LogP contribution in [0.15, 0.2) is 30.7 Å². The minimum atomic E-state index is -1.15. The first-order chi connectivity index (χ1) is 15.6. The molecule has 12 heteroatoms. The van der Waals surface area contributed by atoms with Crippen molar-refractivity contribution in [2.75, 3.05) is 18.5 Å². The Kier molecular flexibility index (Phi) is 6.89. The second-order valence-corrected chi connectivity index (χ2v) is 7.95. The molecule has 174 valence electrons. The first-order valence-corrected chi connectivity index (χ1v) is 9.88. The number of carboxylic acid groups (broad SMARTS) is 1. The van der Waals surface area contributed by atoms with Crippen molar-refractivity contribution in [3.8, 4) is 5.75 Å². The molecular weight excluding hydrogens is 432 g/mol. The number of ether oxygens (including phenoxy) is 1. The fourth-order valence-electron chi connectivity index (χ4n) is 2.78. The van der Waals surface area contributed by atoms with Crippen LogP contribution >= 0.6 is 0 Å². The Hall–Kier alpha value is -4.03. The van der Waals surface area contributed by atoms with Crippen LogP contribution in [0.2, 0.25) is 0 Å². The molecule has 2 aromatic heterocycles. The molecular formula is C21H24N6O6. The zero-order valence-corrected chi connectivity index (χ0v) is 18.0. The molecule has 0 radical (unpaired) electrons. The van der Waals surface area contributed by atoms with E-state index < -0.39 is 17.4 Å². The Labute approximate surface area is 188 Å². The molecule has 0 saturated heterocycles. The number of aliphatic hydroxyl groups excluding tert-OH is 1. The van der Waals surface area contributed by atoms with Crippen LogP contribution in [0.3, 0.4) is 0 Å². The fourth-order valence-corrected chi connectivity index (χ4v) is 2.78. The number of carbonyl (C=O) groups excluding carboxylic acids is 2. The third kappa shape index (κ3) is 5.81. The average molecular weight is 456 g/mol. The molecule has 0 atom stereocenters. The third-order valence-electron chi connectivity index (χ3n) is 4.45. The number of H-pyrrole nitrogens is 1. The zero-order valence-electron chi connectivity index (χ0n) is 18.0. The maximum Gasteiger partial charge on any atom is 0.339 e. The number of carboxylic acids is 1. The van der Waals surface area contributed by atoms with E-state index >= 15 is 0 Å². The van der Waals surface area contributed by atoms with E-state index in [1.807, 2.05) is 0 Å². The molecule has 0 aliphatic carbocycles. The zero-order chi connectivity index (χ0) is 24.2. The van der Waals surface area contributed by atoms with Crippen LogP contribution in [-0.4, -0.2) is 61.7 Å². The van der Waals surface area contributed by atoms with Gasteiger partial charge in [-0.2, -0.15) is 0 Å². The van der Waals surface area contributed by atoms with Gasteiger partial charge in [0.15, 0.2) is 12.3 Å². The minimum Gasteiger partial charge on any atom is -0.482 e. The number of nitrogens with zero attached hydrogens (tertiary/aromatic N) is 2. The molecule has 7 N–H and O–H groups in total. The number of rotatable bonds is 5. The number of hydrogen-bond acceptors (Lipinski definition) is 8. The molecule has 0 saturated carbocycles. The lowest BCUT2D eigenvalue weighted by Crippen LogP contribution is -2.35. The van der Waals surface area contributed by atoms with Gasteiger partial charge in [0.2, 0.25) is 0 Å². The van der Waals surface area contributed by atoms with Gasteiger partial charge in [0.05, 0.1) is 17.8 Å². The third-order valence-corrected chi connectivity index (χ3v) is 4.45. The summed E-state index contributed by atoms with van der Waals surface area (Å²) in [6.45, 7) is 3.74. The van der Waals surface area contributed by atoms with Gasteiger partial charge in [-0.3, -0.25) is 9.59 Å². The molecule has 2 amide bonds. The molecule has 0 bridgehead atoms. The van der Waals surface area contributed by atoms with Crippen molar-refractivity contribution >= 4 is 34.5 Å². The number of hydrogen-bond donors (Lipinski definition) is 6. The van der Waals surface area contributed by atoms with Crippen LogP contribution < -0.4 is 21.1 Å². The van der Waals surface area contributed by atoms with Gasteiger partial charge in [0.1, 0.15) is 23.2 Å². The van der Waals surface area contributed by atoms with E-state index in [1.165, 1.54) is 6.20 Å². The second kappa shape index (κ2) is 9.63. The molecule has 1 aliphatic rings. The van der Waals surface area contributed by atoms with Gasteiger partial charge >= 0.3 is 5.97 Å². The largest absolute Gasteiger partial charge is 0.482 e. The van der Waals surface area contributed by atoms with Crippen LogP contribution in [0.1, 0.15) is 40.3 Å². The molecule has 1 aliphatic heterocycles. The van der Waals surface area contributed by atoms with Crippen LogP contribution in [0.5, 0.6) is 5.75 Å². The Balaban J connectivity index is 0.000000454. The van der Waals surface area contributed by atoms with E-state index in [2.05, 4.69) is 25.6 Å². The van der Waals surface area contributed by atoms with Gasteiger partial charge < -0.3 is 36.3 Å². The van der Waals surface area contributed by atoms with Crippen LogP contribution in [0.4, 0.5) is 5.69 Å². The van der Waals surface area contributed by atoms with Crippen molar-refractivity contribution in [2.24, 2.45) is 5.73 Å². The normalized spacial score (nSPS) is 12.7. The maximum absolute atomic E-state index is 12.5. The van der Waals surface area contributed by atoms with Gasteiger partial charge in [-0.05, 0) is 31.5 Å². The van der Waals surface area contributed by atoms with Crippen LogP contribution in [-0.2, 0) is 11.3 Å². The number of fused-ring (bicyclic) bond motifs is 2. The van der Waals surface area contributed by atoms with Crippen molar-refractivity contribution in [2.45, 2.75) is 25.9 Å². The molecule has 33 heavy (non-hydrogen) atoms. The Morgan fingerprint density at radius 2 is 2.03 bits per heavy atom. The van der Waals surface area contributed by atoms with E-state index in [0.717, 1.165) is 11.9 Å². The molecule has 3 aromatic rings. The fraction of sp³-hybridized carbons (Fsp3) is 0.286. The van der Waals surface area contributed by atoms with Crippen molar-refractivity contribution < 1.29 is 29.3 Å². The first-order valence-electron chi connectivity index (χ1n) is 9.88. The predicted octanol–water partition coefficient (Wildman–Crippen LogP) is 0.633. The number of aromatic carboxylic acids is 1. The molecule has 0 spiro atoms. The van der Waals surface area contributed by atoms with Crippen LogP contribution in [0, 0.1) is 0 Å². The SMILES string of the molecule is CC(C)(N)CO.O=C1COc2ccc(CNC(=O)c3ncnc4c(C(=O)O)c[nH]c34)cc2N1. The summed E-state index contributed by atoms with van der Waals surface area (Å²) in [4.78, 5) is 45.7. The summed E-state index contributed by atoms with van der Waals surface area (Å²) < 4.78 is 5.29. The molecule has 0 unspecified atom stereocenters. The van der Waals surface area contributed by atoms with Gasteiger partial charge in [0, 0.05) is 18.3 Å². The lowest BCUT2D eigenvalue weighted by Gasteiger charge is -2.18. The Morgan fingerprint density at radius 3 is 2.70 bits per heavy atom. The number of nitrogens with two attached hydrogens (primary N) is 1. The highest BCUT2D eigenvalue weighted by atomic mass is 16.5. The molecule has 3 heterocycles. The number of aromatic nitrogens is 3. The monoisotopic (exact) mass is 456 g/mol. The Bertz CT molecular complexity index is 1200. The number of carbonyl (C=O) groups is 3. The number of aliphatic hydroxyl groups is 1. The number of amides is 2. The summed E-state index contributed by atoms with van der Waals surface area (Å²) in [6.07, 6.45) is 2.41. The van der Waals surface area contributed by atoms with Gasteiger partial charge in [-0.1, -0.05) is 6.07 Å². The summed E-state index contributed by atoms with van der Waals surface area (Å²) in [6, 6.07) is 5.19.